The van der Waals surface area contributed by atoms with Gasteiger partial charge in [-0.3, -0.25) is 4.79 Å². The lowest BCUT2D eigenvalue weighted by molar-refractivity contribution is 0.0951. The molecule has 2 aromatic carbocycles. The average molecular weight is 521 g/mol. The van der Waals surface area contributed by atoms with Gasteiger partial charge >= 0.3 is 0 Å². The fraction of sp³-hybridized carbons (Fsp3) is 0.296. The second-order valence-corrected chi connectivity index (χ2v) is 10.2. The summed E-state index contributed by atoms with van der Waals surface area (Å²) >= 11 is 12.4. The van der Waals surface area contributed by atoms with Gasteiger partial charge < -0.3 is 15.5 Å². The van der Waals surface area contributed by atoms with Crippen molar-refractivity contribution < 1.29 is 4.79 Å². The number of carbonyl (C=O) groups excluding carboxylic acids is 1. The molecule has 6 rings (SSSR count). The van der Waals surface area contributed by atoms with E-state index in [0.717, 1.165) is 41.8 Å². The summed E-state index contributed by atoms with van der Waals surface area (Å²) in [7, 11) is 0. The van der Waals surface area contributed by atoms with Crippen molar-refractivity contribution in [2.45, 2.75) is 38.1 Å². The van der Waals surface area contributed by atoms with E-state index in [9.17, 15) is 4.79 Å². The molecule has 2 N–H and O–H groups in total. The van der Waals surface area contributed by atoms with Gasteiger partial charge in [0.15, 0.2) is 5.65 Å². The Morgan fingerprint density at radius 3 is 2.42 bits per heavy atom. The van der Waals surface area contributed by atoms with Gasteiger partial charge in [0.25, 0.3) is 5.91 Å². The van der Waals surface area contributed by atoms with Crippen LogP contribution in [0.3, 0.4) is 0 Å². The third-order valence-corrected chi connectivity index (χ3v) is 7.47. The van der Waals surface area contributed by atoms with Crippen LogP contribution in [0.2, 0.25) is 10.0 Å². The molecular formula is C27H26Cl2N6O. The average Bonchev–Trinajstić information content (AvgIpc) is 3.39. The zero-order valence-corrected chi connectivity index (χ0v) is 21.2. The van der Waals surface area contributed by atoms with Crippen LogP contribution in [0.1, 0.15) is 53.2 Å². The highest BCUT2D eigenvalue weighted by Gasteiger charge is 2.27. The van der Waals surface area contributed by atoms with Gasteiger partial charge in [-0.05, 0) is 62.1 Å². The van der Waals surface area contributed by atoms with Crippen molar-refractivity contribution in [2.75, 3.05) is 23.3 Å². The Labute approximate surface area is 219 Å². The van der Waals surface area contributed by atoms with Crippen molar-refractivity contribution in [1.29, 1.82) is 0 Å². The Hall–Kier alpha value is -3.29. The molecule has 1 aliphatic heterocycles. The van der Waals surface area contributed by atoms with E-state index < -0.39 is 0 Å². The number of hydrogen-bond donors (Lipinski definition) is 2. The maximum Gasteiger partial charge on any atom is 0.251 e. The molecule has 36 heavy (non-hydrogen) atoms. The first kappa shape index (κ1) is 23.1. The highest BCUT2D eigenvalue weighted by atomic mass is 35.5. The predicted molar refractivity (Wildman–Crippen MR) is 144 cm³/mol. The summed E-state index contributed by atoms with van der Waals surface area (Å²) in [4.78, 5) is 19.9. The van der Waals surface area contributed by atoms with E-state index in [2.05, 4.69) is 27.7 Å². The van der Waals surface area contributed by atoms with Crippen molar-refractivity contribution in [1.82, 2.24) is 19.9 Å². The summed E-state index contributed by atoms with van der Waals surface area (Å²) in [6, 6.07) is 16.9. The first-order valence-electron chi connectivity index (χ1n) is 12.3. The van der Waals surface area contributed by atoms with Crippen LogP contribution >= 0.6 is 23.2 Å². The van der Waals surface area contributed by atoms with Gasteiger partial charge in [0.1, 0.15) is 11.6 Å². The first-order valence-corrected chi connectivity index (χ1v) is 13.0. The second-order valence-electron chi connectivity index (χ2n) is 9.39. The van der Waals surface area contributed by atoms with Crippen LogP contribution in [-0.2, 0) is 6.54 Å². The summed E-state index contributed by atoms with van der Waals surface area (Å²) < 4.78 is 1.89. The fourth-order valence-electron chi connectivity index (χ4n) is 4.58. The molecule has 4 aromatic rings. The van der Waals surface area contributed by atoms with Crippen molar-refractivity contribution in [2.24, 2.45) is 0 Å². The standard InChI is InChI=1S/C27H26Cl2N6O/c28-21-4-3-5-22(29)20(21)16-30-27(36)18-8-10-19(11-9-18)31-26-15-24(34-12-1-2-13-34)32-25-14-23(17-6-7-17)33-35(25)26/h3-5,8-11,14-15,17,31H,1-2,6-7,12-13,16H2,(H,30,36). The Morgan fingerprint density at radius 1 is 1.00 bits per heavy atom. The Bertz CT molecular complexity index is 1400. The van der Waals surface area contributed by atoms with Gasteiger partial charge in [-0.15, -0.1) is 0 Å². The van der Waals surface area contributed by atoms with Crippen LogP contribution in [-0.4, -0.2) is 33.6 Å². The molecule has 1 saturated heterocycles. The molecule has 1 aliphatic carbocycles. The van der Waals surface area contributed by atoms with Gasteiger partial charge in [-0.1, -0.05) is 29.3 Å². The van der Waals surface area contributed by atoms with Gasteiger partial charge in [0, 0.05) is 64.5 Å². The van der Waals surface area contributed by atoms with Gasteiger partial charge in [-0.2, -0.15) is 9.61 Å². The smallest absolute Gasteiger partial charge is 0.251 e. The number of nitrogens with one attached hydrogen (secondary N) is 2. The molecular weight excluding hydrogens is 495 g/mol. The number of anilines is 3. The van der Waals surface area contributed by atoms with Crippen molar-refractivity contribution in [3.8, 4) is 0 Å². The summed E-state index contributed by atoms with van der Waals surface area (Å²) in [5, 5.41) is 12.3. The zero-order valence-electron chi connectivity index (χ0n) is 19.7. The fourth-order valence-corrected chi connectivity index (χ4v) is 5.11. The lowest BCUT2D eigenvalue weighted by Crippen LogP contribution is -2.23. The Kier molecular flexibility index (Phi) is 6.19. The topological polar surface area (TPSA) is 74.6 Å². The number of carbonyl (C=O) groups is 1. The molecule has 9 heteroatoms. The largest absolute Gasteiger partial charge is 0.356 e. The normalized spacial score (nSPS) is 15.4. The SMILES string of the molecule is O=C(NCc1c(Cl)cccc1Cl)c1ccc(Nc2cc(N3CCCC3)nc3cc(C4CC4)nn23)cc1. The van der Waals surface area contributed by atoms with E-state index in [0.29, 0.717) is 27.1 Å². The number of hydrogen-bond acceptors (Lipinski definition) is 5. The molecule has 0 radical (unpaired) electrons. The van der Waals surface area contributed by atoms with Gasteiger partial charge in [-0.25, -0.2) is 4.98 Å². The maximum atomic E-state index is 12.7. The predicted octanol–water partition coefficient (Wildman–Crippen LogP) is 6.19. The van der Waals surface area contributed by atoms with E-state index in [4.69, 9.17) is 33.3 Å². The highest BCUT2D eigenvalue weighted by molar-refractivity contribution is 6.36. The molecule has 1 saturated carbocycles. The summed E-state index contributed by atoms with van der Waals surface area (Å²) in [6.45, 7) is 2.30. The zero-order chi connectivity index (χ0) is 24.6. The highest BCUT2D eigenvalue weighted by Crippen LogP contribution is 2.40. The van der Waals surface area contributed by atoms with Crippen LogP contribution in [0.25, 0.3) is 5.65 Å². The van der Waals surface area contributed by atoms with Crippen LogP contribution < -0.4 is 15.5 Å². The van der Waals surface area contributed by atoms with E-state index in [1.165, 1.54) is 25.7 Å². The third-order valence-electron chi connectivity index (χ3n) is 6.77. The summed E-state index contributed by atoms with van der Waals surface area (Å²) in [5.74, 6) is 2.19. The van der Waals surface area contributed by atoms with Crippen molar-refractivity contribution >= 4 is 52.1 Å². The number of nitrogens with zero attached hydrogens (tertiary/aromatic N) is 4. The monoisotopic (exact) mass is 520 g/mol. The summed E-state index contributed by atoms with van der Waals surface area (Å²) in [6.07, 6.45) is 4.76. The van der Waals surface area contributed by atoms with Crippen LogP contribution in [0.4, 0.5) is 17.3 Å². The van der Waals surface area contributed by atoms with E-state index >= 15 is 0 Å². The molecule has 184 valence electrons. The van der Waals surface area contributed by atoms with Crippen LogP contribution in [0.15, 0.2) is 54.6 Å². The molecule has 2 fully saturated rings. The minimum Gasteiger partial charge on any atom is -0.356 e. The number of aromatic nitrogens is 3. The number of rotatable bonds is 7. The van der Waals surface area contributed by atoms with E-state index in [1.54, 1.807) is 30.3 Å². The maximum absolute atomic E-state index is 12.7. The van der Waals surface area contributed by atoms with E-state index in [-0.39, 0.29) is 12.5 Å². The molecule has 2 aliphatic rings. The quantitative estimate of drug-likeness (QED) is 0.304. The molecule has 7 nitrogen and oxygen atoms in total. The van der Waals surface area contributed by atoms with Gasteiger partial charge in [0.2, 0.25) is 0 Å². The number of halogens is 2. The number of benzene rings is 2. The third kappa shape index (κ3) is 4.73. The lowest BCUT2D eigenvalue weighted by atomic mass is 10.1. The molecule has 0 atom stereocenters. The Balaban J connectivity index is 1.21. The molecule has 0 unspecified atom stereocenters. The van der Waals surface area contributed by atoms with E-state index in [1.807, 2.05) is 16.6 Å². The minimum atomic E-state index is -0.193. The molecule has 0 spiro atoms. The number of fused-ring (bicyclic) bond motifs is 1. The minimum absolute atomic E-state index is 0.193. The molecule has 1 amide bonds. The van der Waals surface area contributed by atoms with Crippen molar-refractivity contribution in [3.63, 3.8) is 0 Å². The van der Waals surface area contributed by atoms with Gasteiger partial charge in [0.05, 0.1) is 5.69 Å². The van der Waals surface area contributed by atoms with Crippen molar-refractivity contribution in [3.05, 3.63) is 81.5 Å². The summed E-state index contributed by atoms with van der Waals surface area (Å²) in [5.41, 5.74) is 4.08. The Morgan fingerprint density at radius 2 is 1.72 bits per heavy atom. The molecule has 2 aromatic heterocycles. The number of amides is 1. The second kappa shape index (κ2) is 9.64. The molecule has 0 bridgehead atoms. The first-order chi connectivity index (χ1) is 17.5. The lowest BCUT2D eigenvalue weighted by Gasteiger charge is -2.18. The van der Waals surface area contributed by atoms with Crippen LogP contribution in [0.5, 0.6) is 0 Å². The van der Waals surface area contributed by atoms with Crippen LogP contribution in [0, 0.1) is 0 Å². The molecule has 3 heterocycles.